The van der Waals surface area contributed by atoms with Gasteiger partial charge in [-0.25, -0.2) is 4.79 Å². The van der Waals surface area contributed by atoms with Crippen molar-refractivity contribution in [3.05, 3.63) is 58.6 Å². The first-order valence-electron chi connectivity index (χ1n) is 8.14. The number of benzene rings is 2. The van der Waals surface area contributed by atoms with Crippen LogP contribution in [0.4, 0.5) is 5.69 Å². The Labute approximate surface area is 167 Å². The summed E-state index contributed by atoms with van der Waals surface area (Å²) in [6.45, 7) is 4.63. The fraction of sp³-hybridized carbons (Fsp3) is 0.211. The van der Waals surface area contributed by atoms with E-state index in [0.29, 0.717) is 29.5 Å². The summed E-state index contributed by atoms with van der Waals surface area (Å²) in [5, 5.41) is 14.5. The Bertz CT molecular complexity index is 871. The molecule has 0 saturated carbocycles. The van der Waals surface area contributed by atoms with Gasteiger partial charge >= 0.3 is 5.97 Å². The molecule has 142 valence electrons. The molecule has 2 aromatic rings. The van der Waals surface area contributed by atoms with Crippen LogP contribution in [0.2, 0.25) is 5.02 Å². The zero-order valence-electron chi connectivity index (χ0n) is 14.8. The maximum Gasteiger partial charge on any atom is 0.337 e. The van der Waals surface area contributed by atoms with E-state index in [1.165, 1.54) is 18.2 Å². The fourth-order valence-electron chi connectivity index (χ4n) is 2.09. The Morgan fingerprint density at radius 1 is 1.22 bits per heavy atom. The van der Waals surface area contributed by atoms with Crippen molar-refractivity contribution in [3.8, 4) is 5.75 Å². The standard InChI is InChI=1S/C19H19ClN2O4S/c1-11(2)10-26-14-5-3-4-12(8-14)17(23)22-19(27)21-13-6-7-15(18(24)25)16(20)9-13/h3-9,11H,10H2,1-2H3,(H,24,25)(H2,21,22,23,27). The summed E-state index contributed by atoms with van der Waals surface area (Å²) in [5.41, 5.74) is 0.847. The van der Waals surface area contributed by atoms with E-state index in [2.05, 4.69) is 10.6 Å². The van der Waals surface area contributed by atoms with Crippen LogP contribution in [-0.4, -0.2) is 28.7 Å². The number of halogens is 1. The number of hydrogen-bond acceptors (Lipinski definition) is 4. The minimum atomic E-state index is -1.12. The van der Waals surface area contributed by atoms with Gasteiger partial charge in [0.2, 0.25) is 0 Å². The molecule has 0 aliphatic rings. The Morgan fingerprint density at radius 3 is 2.59 bits per heavy atom. The van der Waals surface area contributed by atoms with Crippen molar-refractivity contribution < 1.29 is 19.4 Å². The lowest BCUT2D eigenvalue weighted by molar-refractivity contribution is 0.0697. The number of carboxylic acids is 1. The number of aromatic carboxylic acids is 1. The Morgan fingerprint density at radius 2 is 1.96 bits per heavy atom. The molecule has 2 aromatic carbocycles. The first kappa shape index (κ1) is 20.7. The monoisotopic (exact) mass is 406 g/mol. The summed E-state index contributed by atoms with van der Waals surface area (Å²) in [6, 6.07) is 11.1. The predicted octanol–water partition coefficient (Wildman–Crippen LogP) is 4.20. The molecule has 0 radical (unpaired) electrons. The van der Waals surface area contributed by atoms with Crippen LogP contribution in [-0.2, 0) is 0 Å². The highest BCUT2D eigenvalue weighted by molar-refractivity contribution is 7.80. The number of rotatable bonds is 6. The molecule has 27 heavy (non-hydrogen) atoms. The number of carbonyl (C=O) groups excluding carboxylic acids is 1. The molecule has 0 unspecified atom stereocenters. The van der Waals surface area contributed by atoms with Gasteiger partial charge in [0, 0.05) is 11.3 Å². The van der Waals surface area contributed by atoms with Crippen molar-refractivity contribution in [2.45, 2.75) is 13.8 Å². The number of carboxylic acid groups (broad SMARTS) is 1. The lowest BCUT2D eigenvalue weighted by atomic mass is 10.2. The predicted molar refractivity (Wildman–Crippen MR) is 109 cm³/mol. The van der Waals surface area contributed by atoms with Crippen LogP contribution in [0.5, 0.6) is 5.75 Å². The van der Waals surface area contributed by atoms with Gasteiger partial charge < -0.3 is 15.2 Å². The highest BCUT2D eigenvalue weighted by Gasteiger charge is 2.12. The lowest BCUT2D eigenvalue weighted by Crippen LogP contribution is -2.34. The van der Waals surface area contributed by atoms with Crippen LogP contribution in [0.15, 0.2) is 42.5 Å². The average Bonchev–Trinajstić information content (AvgIpc) is 2.59. The number of nitrogens with one attached hydrogen (secondary N) is 2. The molecule has 8 heteroatoms. The van der Waals surface area contributed by atoms with Crippen molar-refractivity contribution in [3.63, 3.8) is 0 Å². The van der Waals surface area contributed by atoms with Gasteiger partial charge in [0.1, 0.15) is 5.75 Å². The first-order valence-corrected chi connectivity index (χ1v) is 8.93. The van der Waals surface area contributed by atoms with Crippen LogP contribution < -0.4 is 15.4 Å². The Hall–Kier alpha value is -2.64. The molecule has 0 aliphatic carbocycles. The minimum Gasteiger partial charge on any atom is -0.493 e. The number of thiocarbonyl (C=S) groups is 1. The molecule has 3 N–H and O–H groups in total. The molecule has 0 heterocycles. The number of amides is 1. The van der Waals surface area contributed by atoms with Crippen molar-refractivity contribution >= 4 is 46.5 Å². The second-order valence-corrected chi connectivity index (χ2v) is 6.96. The summed E-state index contributed by atoms with van der Waals surface area (Å²) in [4.78, 5) is 23.3. The molecular formula is C19H19ClN2O4S. The van der Waals surface area contributed by atoms with Crippen molar-refractivity contribution in [2.75, 3.05) is 11.9 Å². The van der Waals surface area contributed by atoms with Crippen molar-refractivity contribution in [1.82, 2.24) is 5.32 Å². The van der Waals surface area contributed by atoms with Crippen LogP contribution >= 0.6 is 23.8 Å². The van der Waals surface area contributed by atoms with Gasteiger partial charge in [0.25, 0.3) is 5.91 Å². The summed E-state index contributed by atoms with van der Waals surface area (Å²) in [5.74, 6) is -0.539. The van der Waals surface area contributed by atoms with E-state index in [1.807, 2.05) is 13.8 Å². The van der Waals surface area contributed by atoms with Gasteiger partial charge in [-0.05, 0) is 54.5 Å². The minimum absolute atomic E-state index is 0.0182. The van der Waals surface area contributed by atoms with Gasteiger partial charge in [-0.3, -0.25) is 10.1 Å². The van der Waals surface area contributed by atoms with Crippen LogP contribution in [0.3, 0.4) is 0 Å². The second kappa shape index (κ2) is 9.34. The molecule has 0 aromatic heterocycles. The summed E-state index contributed by atoms with van der Waals surface area (Å²) in [7, 11) is 0. The molecule has 0 fully saturated rings. The Kier molecular flexibility index (Phi) is 7.15. The van der Waals surface area contributed by atoms with Gasteiger partial charge in [-0.1, -0.05) is 31.5 Å². The zero-order chi connectivity index (χ0) is 20.0. The molecule has 0 saturated heterocycles. The van der Waals surface area contributed by atoms with E-state index in [-0.39, 0.29) is 15.7 Å². The van der Waals surface area contributed by atoms with Crippen molar-refractivity contribution in [2.24, 2.45) is 5.92 Å². The fourth-order valence-corrected chi connectivity index (χ4v) is 2.57. The molecule has 0 atom stereocenters. The summed E-state index contributed by atoms with van der Waals surface area (Å²) < 4.78 is 5.61. The van der Waals surface area contributed by atoms with Gasteiger partial charge in [-0.15, -0.1) is 0 Å². The summed E-state index contributed by atoms with van der Waals surface area (Å²) >= 11 is 11.0. The highest BCUT2D eigenvalue weighted by atomic mass is 35.5. The third-order valence-electron chi connectivity index (χ3n) is 3.36. The first-order chi connectivity index (χ1) is 12.8. The average molecular weight is 407 g/mol. The SMILES string of the molecule is CC(C)COc1cccc(C(=O)NC(=S)Nc2ccc(C(=O)O)c(Cl)c2)c1. The van der Waals surface area contributed by atoms with E-state index < -0.39 is 11.9 Å². The maximum absolute atomic E-state index is 12.3. The van der Waals surface area contributed by atoms with Crippen LogP contribution in [0.1, 0.15) is 34.6 Å². The van der Waals surface area contributed by atoms with Gasteiger partial charge in [-0.2, -0.15) is 0 Å². The Balaban J connectivity index is 1.99. The van der Waals surface area contributed by atoms with Gasteiger partial charge in [0.15, 0.2) is 5.11 Å². The maximum atomic E-state index is 12.3. The molecule has 1 amide bonds. The topological polar surface area (TPSA) is 87.7 Å². The molecular weight excluding hydrogens is 388 g/mol. The van der Waals surface area contributed by atoms with E-state index in [4.69, 9.17) is 33.7 Å². The number of carbonyl (C=O) groups is 2. The van der Waals surface area contributed by atoms with E-state index in [9.17, 15) is 9.59 Å². The van der Waals surface area contributed by atoms with Gasteiger partial charge in [0.05, 0.1) is 17.2 Å². The smallest absolute Gasteiger partial charge is 0.337 e. The second-order valence-electron chi connectivity index (χ2n) is 6.14. The zero-order valence-corrected chi connectivity index (χ0v) is 16.4. The van der Waals surface area contributed by atoms with Crippen molar-refractivity contribution in [1.29, 1.82) is 0 Å². The summed E-state index contributed by atoms with van der Waals surface area (Å²) in [6.07, 6.45) is 0. The van der Waals surface area contributed by atoms with Crippen LogP contribution in [0, 0.1) is 5.92 Å². The van der Waals surface area contributed by atoms with E-state index in [0.717, 1.165) is 0 Å². The molecule has 0 spiro atoms. The number of ether oxygens (including phenoxy) is 1. The molecule has 0 aliphatic heterocycles. The normalized spacial score (nSPS) is 10.4. The number of anilines is 1. The molecule has 0 bridgehead atoms. The molecule has 6 nitrogen and oxygen atoms in total. The quantitative estimate of drug-likeness (QED) is 0.623. The number of hydrogen-bond donors (Lipinski definition) is 3. The van der Waals surface area contributed by atoms with Crippen LogP contribution in [0.25, 0.3) is 0 Å². The molecule has 2 rings (SSSR count). The van der Waals surface area contributed by atoms with E-state index in [1.54, 1.807) is 24.3 Å². The third-order valence-corrected chi connectivity index (χ3v) is 3.88. The highest BCUT2D eigenvalue weighted by Crippen LogP contribution is 2.21. The largest absolute Gasteiger partial charge is 0.493 e. The third kappa shape index (κ3) is 6.23. The lowest BCUT2D eigenvalue weighted by Gasteiger charge is -2.12. The van der Waals surface area contributed by atoms with E-state index >= 15 is 0 Å².